The third-order valence-corrected chi connectivity index (χ3v) is 6.54. The Morgan fingerprint density at radius 1 is 1.03 bits per heavy atom. The van der Waals surface area contributed by atoms with Gasteiger partial charge in [0.2, 0.25) is 0 Å². The largest absolute Gasteiger partial charge is 0.507 e. The van der Waals surface area contributed by atoms with Gasteiger partial charge in [0.1, 0.15) is 23.1 Å². The van der Waals surface area contributed by atoms with E-state index < -0.39 is 35.1 Å². The van der Waals surface area contributed by atoms with Crippen LogP contribution in [-0.2, 0) is 9.59 Å². The molecule has 2 heterocycles. The number of carbonyl (C=O) groups is 2. The van der Waals surface area contributed by atoms with Crippen molar-refractivity contribution >= 4 is 44.1 Å². The molecule has 0 bridgehead atoms. The summed E-state index contributed by atoms with van der Waals surface area (Å²) in [7, 11) is 1.46. The number of rotatable bonds is 4. The van der Waals surface area contributed by atoms with E-state index in [9.17, 15) is 23.5 Å². The Morgan fingerprint density at radius 2 is 1.76 bits per heavy atom. The fourth-order valence-corrected chi connectivity index (χ4v) is 4.92. The van der Waals surface area contributed by atoms with E-state index in [0.717, 1.165) is 16.2 Å². The van der Waals surface area contributed by atoms with E-state index in [1.54, 1.807) is 18.2 Å². The number of anilines is 1. The van der Waals surface area contributed by atoms with Crippen LogP contribution < -0.4 is 9.64 Å². The molecule has 1 aliphatic rings. The zero-order chi connectivity index (χ0) is 24.0. The first-order valence-electron chi connectivity index (χ1n) is 10.1. The minimum Gasteiger partial charge on any atom is -0.507 e. The van der Waals surface area contributed by atoms with Gasteiger partial charge in [0.15, 0.2) is 5.13 Å². The van der Waals surface area contributed by atoms with Crippen molar-refractivity contribution in [1.82, 2.24) is 4.98 Å². The summed E-state index contributed by atoms with van der Waals surface area (Å²) in [5, 5.41) is 11.3. The molecular weight excluding hydrogens is 462 g/mol. The van der Waals surface area contributed by atoms with Crippen LogP contribution in [0, 0.1) is 11.6 Å². The van der Waals surface area contributed by atoms with Crippen LogP contribution in [-0.4, -0.2) is 28.9 Å². The van der Waals surface area contributed by atoms with E-state index in [-0.39, 0.29) is 16.3 Å². The SMILES string of the molecule is COc1cccc(C(O)=C2C(=O)C(=O)N(c3nc4ccc(F)cc4s3)C2c2ccc(F)cc2)c1. The van der Waals surface area contributed by atoms with Crippen LogP contribution in [0.1, 0.15) is 17.2 Å². The number of aliphatic hydroxyl groups excluding tert-OH is 1. The number of methoxy groups -OCH3 is 1. The summed E-state index contributed by atoms with van der Waals surface area (Å²) in [5.74, 6) is -2.73. The van der Waals surface area contributed by atoms with Crippen LogP contribution in [0.4, 0.5) is 13.9 Å². The molecule has 1 unspecified atom stereocenters. The lowest BCUT2D eigenvalue weighted by Crippen LogP contribution is -2.29. The van der Waals surface area contributed by atoms with Gasteiger partial charge in [0.05, 0.1) is 28.9 Å². The van der Waals surface area contributed by atoms with Crippen LogP contribution in [0.3, 0.4) is 0 Å². The Morgan fingerprint density at radius 3 is 2.50 bits per heavy atom. The zero-order valence-corrected chi connectivity index (χ0v) is 18.5. The molecule has 1 atom stereocenters. The van der Waals surface area contributed by atoms with Gasteiger partial charge in [0, 0.05) is 5.56 Å². The van der Waals surface area contributed by atoms with Crippen molar-refractivity contribution in [2.45, 2.75) is 6.04 Å². The van der Waals surface area contributed by atoms with E-state index in [0.29, 0.717) is 21.5 Å². The normalized spacial score (nSPS) is 17.5. The standard InChI is InChI=1S/C25H16F2N2O4S/c1-33-17-4-2-3-14(11-17)22(30)20-21(13-5-7-15(26)8-6-13)29(24(32)23(20)31)25-28-18-10-9-16(27)12-19(18)34-25/h2-12,21,30H,1H3. The highest BCUT2D eigenvalue weighted by molar-refractivity contribution is 7.22. The molecule has 0 radical (unpaired) electrons. The fourth-order valence-electron chi connectivity index (χ4n) is 3.91. The smallest absolute Gasteiger partial charge is 0.301 e. The van der Waals surface area contributed by atoms with Gasteiger partial charge in [-0.3, -0.25) is 14.5 Å². The van der Waals surface area contributed by atoms with E-state index in [4.69, 9.17) is 4.74 Å². The second-order valence-electron chi connectivity index (χ2n) is 7.56. The molecule has 170 valence electrons. The number of amides is 1. The third kappa shape index (κ3) is 3.60. The summed E-state index contributed by atoms with van der Waals surface area (Å²) in [4.78, 5) is 31.9. The van der Waals surface area contributed by atoms with Gasteiger partial charge in [-0.15, -0.1) is 0 Å². The van der Waals surface area contributed by atoms with Crippen molar-refractivity contribution in [3.63, 3.8) is 0 Å². The minimum atomic E-state index is -1.07. The van der Waals surface area contributed by atoms with Gasteiger partial charge in [0.25, 0.3) is 5.78 Å². The van der Waals surface area contributed by atoms with E-state index >= 15 is 0 Å². The fraction of sp³-hybridized carbons (Fsp3) is 0.0800. The molecule has 9 heteroatoms. The Bertz CT molecular complexity index is 1480. The van der Waals surface area contributed by atoms with Crippen molar-refractivity contribution in [2.24, 2.45) is 0 Å². The van der Waals surface area contributed by atoms with Crippen molar-refractivity contribution in [3.8, 4) is 5.75 Å². The highest BCUT2D eigenvalue weighted by Gasteiger charge is 2.48. The first-order valence-corrected chi connectivity index (χ1v) is 11.0. The molecule has 5 rings (SSSR count). The predicted molar refractivity (Wildman–Crippen MR) is 124 cm³/mol. The minimum absolute atomic E-state index is 0.154. The summed E-state index contributed by atoms with van der Waals surface area (Å²) in [6.45, 7) is 0. The first-order chi connectivity index (χ1) is 16.4. The average Bonchev–Trinajstić information content (AvgIpc) is 3.37. The number of halogens is 2. The van der Waals surface area contributed by atoms with Crippen molar-refractivity contribution < 1.29 is 28.2 Å². The van der Waals surface area contributed by atoms with Gasteiger partial charge in [-0.2, -0.15) is 0 Å². The number of thiazole rings is 1. The van der Waals surface area contributed by atoms with Crippen LogP contribution in [0.15, 0.2) is 72.3 Å². The van der Waals surface area contributed by atoms with E-state index in [2.05, 4.69) is 4.98 Å². The summed E-state index contributed by atoms with van der Waals surface area (Å²) in [6, 6.07) is 14.6. The lowest BCUT2D eigenvalue weighted by molar-refractivity contribution is -0.132. The lowest BCUT2D eigenvalue weighted by Gasteiger charge is -2.23. The van der Waals surface area contributed by atoms with E-state index in [1.165, 1.54) is 55.6 Å². The maximum Gasteiger partial charge on any atom is 0.301 e. The number of nitrogens with zero attached hydrogens (tertiary/aromatic N) is 2. The zero-order valence-electron chi connectivity index (χ0n) is 17.7. The number of aliphatic hydroxyl groups is 1. The molecule has 1 aromatic heterocycles. The molecular formula is C25H16F2N2O4S. The highest BCUT2D eigenvalue weighted by atomic mass is 32.1. The van der Waals surface area contributed by atoms with Gasteiger partial charge >= 0.3 is 5.91 Å². The molecule has 0 aliphatic carbocycles. The number of ether oxygens (including phenoxy) is 1. The summed E-state index contributed by atoms with van der Waals surface area (Å²) in [6.07, 6.45) is 0. The number of fused-ring (bicyclic) bond motifs is 1. The Labute approximate surface area is 196 Å². The Balaban J connectivity index is 1.73. The number of hydrogen-bond donors (Lipinski definition) is 1. The quantitative estimate of drug-likeness (QED) is 0.248. The molecule has 0 saturated carbocycles. The molecule has 1 amide bonds. The van der Waals surface area contributed by atoms with Gasteiger partial charge in [-0.1, -0.05) is 35.6 Å². The molecule has 0 spiro atoms. The lowest BCUT2D eigenvalue weighted by atomic mass is 9.95. The maximum atomic E-state index is 13.7. The highest BCUT2D eigenvalue weighted by Crippen LogP contribution is 2.44. The second-order valence-corrected chi connectivity index (χ2v) is 8.57. The number of benzene rings is 3. The molecule has 34 heavy (non-hydrogen) atoms. The summed E-state index contributed by atoms with van der Waals surface area (Å²) in [5.41, 5.74) is 0.954. The van der Waals surface area contributed by atoms with Crippen molar-refractivity contribution in [1.29, 1.82) is 0 Å². The second kappa shape index (κ2) is 8.35. The van der Waals surface area contributed by atoms with Crippen LogP contribution in [0.2, 0.25) is 0 Å². The molecule has 1 fully saturated rings. The first kappa shape index (κ1) is 21.7. The van der Waals surface area contributed by atoms with E-state index in [1.807, 2.05) is 0 Å². The average molecular weight is 478 g/mol. The van der Waals surface area contributed by atoms with Crippen molar-refractivity contribution in [2.75, 3.05) is 12.0 Å². The number of Topliss-reactive ketones (excluding diaryl/α,β-unsaturated/α-hetero) is 1. The molecule has 6 nitrogen and oxygen atoms in total. The topological polar surface area (TPSA) is 79.7 Å². The number of aromatic nitrogens is 1. The monoisotopic (exact) mass is 478 g/mol. The molecule has 1 N–H and O–H groups in total. The molecule has 4 aromatic rings. The molecule has 1 aliphatic heterocycles. The number of hydrogen-bond acceptors (Lipinski definition) is 6. The van der Waals surface area contributed by atoms with Crippen LogP contribution in [0.25, 0.3) is 16.0 Å². The Hall–Kier alpha value is -4.11. The van der Waals surface area contributed by atoms with Crippen molar-refractivity contribution in [3.05, 3.63) is 95.1 Å². The summed E-state index contributed by atoms with van der Waals surface area (Å²) < 4.78 is 33.1. The van der Waals surface area contributed by atoms with Gasteiger partial charge in [-0.25, -0.2) is 13.8 Å². The third-order valence-electron chi connectivity index (χ3n) is 5.52. The van der Waals surface area contributed by atoms with Crippen LogP contribution >= 0.6 is 11.3 Å². The number of ketones is 1. The number of carbonyl (C=O) groups excluding carboxylic acids is 2. The molecule has 1 saturated heterocycles. The van der Waals surface area contributed by atoms with Gasteiger partial charge < -0.3 is 9.84 Å². The maximum absolute atomic E-state index is 13.7. The van der Waals surface area contributed by atoms with Crippen LogP contribution in [0.5, 0.6) is 5.75 Å². The molecule has 3 aromatic carbocycles. The van der Waals surface area contributed by atoms with Gasteiger partial charge in [-0.05, 0) is 48.0 Å². The Kier molecular flexibility index (Phi) is 5.33. The predicted octanol–water partition coefficient (Wildman–Crippen LogP) is 5.21. The summed E-state index contributed by atoms with van der Waals surface area (Å²) >= 11 is 1.04.